The lowest BCUT2D eigenvalue weighted by Gasteiger charge is -1.91. The largest absolute Gasteiger partial charge is 0.231 e. The zero-order valence-electron chi connectivity index (χ0n) is 4.82. The van der Waals surface area contributed by atoms with Gasteiger partial charge in [-0.2, -0.15) is 4.98 Å². The molecule has 4 nitrogen and oxygen atoms in total. The highest BCUT2D eigenvalue weighted by atomic mass is 35.5. The molecular formula is C5H2ClN4. The van der Waals surface area contributed by atoms with Crippen molar-refractivity contribution in [3.8, 4) is 0 Å². The van der Waals surface area contributed by atoms with Crippen LogP contribution in [-0.2, 0) is 0 Å². The molecule has 0 bridgehead atoms. The Morgan fingerprint density at radius 1 is 1.40 bits per heavy atom. The van der Waals surface area contributed by atoms with Gasteiger partial charge in [-0.3, -0.25) is 0 Å². The van der Waals surface area contributed by atoms with Crippen molar-refractivity contribution in [3.05, 3.63) is 11.5 Å². The van der Waals surface area contributed by atoms with E-state index in [9.17, 15) is 0 Å². The van der Waals surface area contributed by atoms with Crippen LogP contribution in [0, 0.1) is 0 Å². The van der Waals surface area contributed by atoms with Gasteiger partial charge in [-0.15, -0.1) is 0 Å². The Bertz CT molecular complexity index is 296. The zero-order chi connectivity index (χ0) is 6.97. The summed E-state index contributed by atoms with van der Waals surface area (Å²) in [4.78, 5) is 11.4. The number of rotatable bonds is 0. The molecular weight excluding hydrogens is 152 g/mol. The Morgan fingerprint density at radius 2 is 2.30 bits per heavy atom. The molecule has 0 atom stereocenters. The fraction of sp³-hybridized carbons (Fsp3) is 0. The van der Waals surface area contributed by atoms with Crippen LogP contribution in [-0.4, -0.2) is 16.3 Å². The zero-order valence-corrected chi connectivity index (χ0v) is 5.58. The molecule has 10 heavy (non-hydrogen) atoms. The van der Waals surface area contributed by atoms with E-state index in [1.54, 1.807) is 0 Å². The van der Waals surface area contributed by atoms with Crippen LogP contribution < -0.4 is 5.32 Å². The molecule has 2 heterocycles. The Labute approximate surface area is 62.0 Å². The Hall–Kier alpha value is -1.16. The van der Waals surface area contributed by atoms with Gasteiger partial charge in [0.15, 0.2) is 5.82 Å². The monoisotopic (exact) mass is 153 g/mol. The lowest BCUT2D eigenvalue weighted by atomic mass is 10.5. The van der Waals surface area contributed by atoms with Gasteiger partial charge >= 0.3 is 0 Å². The molecule has 2 rings (SSSR count). The van der Waals surface area contributed by atoms with Gasteiger partial charge in [0.2, 0.25) is 5.28 Å². The summed E-state index contributed by atoms with van der Waals surface area (Å²) < 4.78 is 0. The SMILES string of the molecule is Clc1ncc2c(n1)[N]C=N2. The minimum absolute atomic E-state index is 0.202. The van der Waals surface area contributed by atoms with Crippen molar-refractivity contribution in [1.82, 2.24) is 15.3 Å². The molecule has 49 valence electrons. The van der Waals surface area contributed by atoms with Crippen LogP contribution in [0.2, 0.25) is 5.28 Å². The molecule has 0 saturated carbocycles. The third kappa shape index (κ3) is 0.733. The highest BCUT2D eigenvalue weighted by Gasteiger charge is 2.09. The van der Waals surface area contributed by atoms with Crippen molar-refractivity contribution >= 4 is 29.4 Å². The van der Waals surface area contributed by atoms with E-state index >= 15 is 0 Å². The third-order valence-corrected chi connectivity index (χ3v) is 1.28. The fourth-order valence-electron chi connectivity index (χ4n) is 0.677. The molecule has 1 aliphatic rings. The van der Waals surface area contributed by atoms with Crippen LogP contribution in [0.3, 0.4) is 0 Å². The molecule has 1 aromatic heterocycles. The van der Waals surface area contributed by atoms with Gasteiger partial charge in [-0.1, -0.05) is 0 Å². The molecule has 0 N–H and O–H groups in total. The fourth-order valence-corrected chi connectivity index (χ4v) is 0.806. The van der Waals surface area contributed by atoms with E-state index in [1.165, 1.54) is 12.5 Å². The molecule has 0 aromatic carbocycles. The third-order valence-electron chi connectivity index (χ3n) is 1.10. The van der Waals surface area contributed by atoms with Crippen molar-refractivity contribution in [2.24, 2.45) is 4.99 Å². The van der Waals surface area contributed by atoms with E-state index in [0.29, 0.717) is 11.5 Å². The van der Waals surface area contributed by atoms with E-state index in [-0.39, 0.29) is 5.28 Å². The molecule has 5 heteroatoms. The second-order valence-corrected chi connectivity index (χ2v) is 2.06. The van der Waals surface area contributed by atoms with E-state index in [0.717, 1.165) is 0 Å². The van der Waals surface area contributed by atoms with E-state index < -0.39 is 0 Å². The van der Waals surface area contributed by atoms with Crippen molar-refractivity contribution in [2.75, 3.05) is 0 Å². The number of nitrogens with zero attached hydrogens (tertiary/aromatic N) is 4. The molecule has 0 amide bonds. The average molecular weight is 154 g/mol. The summed E-state index contributed by atoms with van der Waals surface area (Å²) in [5.74, 6) is 0.542. The molecule has 0 spiro atoms. The lowest BCUT2D eigenvalue weighted by Crippen LogP contribution is -1.90. The summed E-state index contributed by atoms with van der Waals surface area (Å²) in [7, 11) is 0. The summed E-state index contributed by atoms with van der Waals surface area (Å²) in [5, 5.41) is 4.03. The molecule has 1 aromatic rings. The van der Waals surface area contributed by atoms with Gasteiger partial charge in [0.1, 0.15) is 12.0 Å². The average Bonchev–Trinajstić information content (AvgIpc) is 2.33. The standard InChI is InChI=1S/C5H2ClN4/c6-5-7-1-3-4(10-5)9-2-8-3/h1-2H. The molecule has 1 radical (unpaired) electrons. The van der Waals surface area contributed by atoms with Gasteiger partial charge in [0.25, 0.3) is 0 Å². The summed E-state index contributed by atoms with van der Waals surface area (Å²) >= 11 is 5.49. The normalized spacial score (nSPS) is 12.9. The van der Waals surface area contributed by atoms with Crippen LogP contribution in [0.15, 0.2) is 11.2 Å². The predicted octanol–water partition coefficient (Wildman–Crippen LogP) is 1.04. The van der Waals surface area contributed by atoms with Gasteiger partial charge in [0, 0.05) is 0 Å². The maximum Gasteiger partial charge on any atom is 0.224 e. The first-order chi connectivity index (χ1) is 4.86. The van der Waals surface area contributed by atoms with Gasteiger partial charge < -0.3 is 0 Å². The Kier molecular flexibility index (Phi) is 1.07. The predicted molar refractivity (Wildman–Crippen MR) is 37.0 cm³/mol. The Morgan fingerprint density at radius 3 is 3.20 bits per heavy atom. The van der Waals surface area contributed by atoms with E-state index in [2.05, 4.69) is 20.3 Å². The van der Waals surface area contributed by atoms with Gasteiger partial charge in [-0.25, -0.2) is 15.3 Å². The van der Waals surface area contributed by atoms with Crippen molar-refractivity contribution < 1.29 is 0 Å². The summed E-state index contributed by atoms with van der Waals surface area (Å²) in [6.45, 7) is 0. The quantitative estimate of drug-likeness (QED) is 0.523. The van der Waals surface area contributed by atoms with Crippen LogP contribution in [0.25, 0.3) is 0 Å². The topological polar surface area (TPSA) is 52.2 Å². The van der Waals surface area contributed by atoms with Crippen molar-refractivity contribution in [2.45, 2.75) is 0 Å². The number of hydrogen-bond donors (Lipinski definition) is 0. The van der Waals surface area contributed by atoms with Crippen molar-refractivity contribution in [3.63, 3.8) is 0 Å². The number of fused-ring (bicyclic) bond motifs is 1. The maximum absolute atomic E-state index is 5.49. The number of halogens is 1. The molecule has 0 saturated heterocycles. The number of hydrogen-bond acceptors (Lipinski definition) is 3. The molecule has 0 fully saturated rings. The van der Waals surface area contributed by atoms with Crippen molar-refractivity contribution in [1.29, 1.82) is 0 Å². The number of aromatic nitrogens is 2. The highest BCUT2D eigenvalue weighted by Crippen LogP contribution is 2.25. The van der Waals surface area contributed by atoms with Crippen LogP contribution >= 0.6 is 11.6 Å². The minimum atomic E-state index is 0.202. The summed E-state index contributed by atoms with van der Waals surface area (Å²) in [6, 6.07) is 0. The highest BCUT2D eigenvalue weighted by molar-refractivity contribution is 6.28. The number of aliphatic imine (C=N–C) groups is 1. The molecule has 1 aliphatic heterocycles. The summed E-state index contributed by atoms with van der Waals surface area (Å²) in [6.07, 6.45) is 2.97. The van der Waals surface area contributed by atoms with Gasteiger partial charge in [-0.05, 0) is 11.6 Å². The summed E-state index contributed by atoms with van der Waals surface area (Å²) in [5.41, 5.74) is 0.671. The van der Waals surface area contributed by atoms with E-state index in [4.69, 9.17) is 11.6 Å². The Balaban J connectivity index is 2.59. The van der Waals surface area contributed by atoms with Gasteiger partial charge in [0.05, 0.1) is 6.20 Å². The minimum Gasteiger partial charge on any atom is -0.231 e. The van der Waals surface area contributed by atoms with Crippen LogP contribution in [0.4, 0.5) is 11.5 Å². The first kappa shape index (κ1) is 5.61. The second-order valence-electron chi connectivity index (χ2n) is 1.72. The molecule has 0 unspecified atom stereocenters. The molecule has 0 aliphatic carbocycles. The second kappa shape index (κ2) is 1.91. The smallest absolute Gasteiger partial charge is 0.224 e. The van der Waals surface area contributed by atoms with E-state index in [1.807, 2.05) is 0 Å². The first-order valence-corrected chi connectivity index (χ1v) is 3.00. The lowest BCUT2D eigenvalue weighted by molar-refractivity contribution is 1.12. The van der Waals surface area contributed by atoms with Crippen LogP contribution in [0.1, 0.15) is 0 Å². The first-order valence-electron chi connectivity index (χ1n) is 2.62. The maximum atomic E-state index is 5.49. The van der Waals surface area contributed by atoms with Crippen LogP contribution in [0.5, 0.6) is 0 Å².